The Hall–Kier alpha value is -1.40. The summed E-state index contributed by atoms with van der Waals surface area (Å²) in [7, 11) is 0. The zero-order valence-corrected chi connectivity index (χ0v) is 11.0. The molecule has 19 heavy (non-hydrogen) atoms. The van der Waals surface area contributed by atoms with Crippen LogP contribution in [-0.4, -0.2) is 37.1 Å². The third-order valence-corrected chi connectivity index (χ3v) is 2.25. The van der Waals surface area contributed by atoms with Gasteiger partial charge >= 0.3 is 6.61 Å². The molecule has 0 saturated carbocycles. The topological polar surface area (TPSA) is 50.7 Å². The Morgan fingerprint density at radius 2 is 1.95 bits per heavy atom. The van der Waals surface area contributed by atoms with Crippen LogP contribution in [0, 0.1) is 0 Å². The number of halogens is 2. The molecule has 108 valence electrons. The minimum Gasteiger partial charge on any atom is -0.433 e. The van der Waals surface area contributed by atoms with E-state index in [0.29, 0.717) is 5.69 Å². The van der Waals surface area contributed by atoms with E-state index >= 15 is 0 Å². The van der Waals surface area contributed by atoms with Crippen LogP contribution in [-0.2, 0) is 4.74 Å². The number of hydrogen-bond donors (Lipinski definition) is 2. The van der Waals surface area contributed by atoms with Gasteiger partial charge in [0.15, 0.2) is 0 Å². The van der Waals surface area contributed by atoms with Crippen molar-refractivity contribution in [2.75, 3.05) is 18.5 Å². The maximum atomic E-state index is 12.2. The first-order valence-corrected chi connectivity index (χ1v) is 6.06. The second kappa shape index (κ2) is 7.91. The van der Waals surface area contributed by atoms with Crippen LogP contribution in [0.4, 0.5) is 14.5 Å². The molecule has 1 aromatic rings. The van der Waals surface area contributed by atoms with E-state index in [4.69, 9.17) is 4.74 Å². The lowest BCUT2D eigenvalue weighted by Gasteiger charge is -2.16. The Balaban J connectivity index is 2.48. The average molecular weight is 275 g/mol. The summed E-state index contributed by atoms with van der Waals surface area (Å²) in [5, 5.41) is 12.5. The number of rotatable bonds is 8. The minimum atomic E-state index is -2.88. The third kappa shape index (κ3) is 6.35. The van der Waals surface area contributed by atoms with E-state index in [1.165, 1.54) is 6.07 Å². The van der Waals surface area contributed by atoms with Crippen LogP contribution in [0.5, 0.6) is 5.75 Å². The predicted octanol–water partition coefficient (Wildman–Crippen LogP) is 2.49. The highest BCUT2D eigenvalue weighted by atomic mass is 19.3. The molecule has 0 aliphatic heterocycles. The Morgan fingerprint density at radius 3 is 2.58 bits per heavy atom. The molecule has 4 nitrogen and oxygen atoms in total. The molecule has 1 unspecified atom stereocenters. The van der Waals surface area contributed by atoms with Crippen molar-refractivity contribution in [1.82, 2.24) is 0 Å². The Kier molecular flexibility index (Phi) is 6.52. The number of aliphatic hydroxyl groups excluding tert-OH is 1. The molecular formula is C13H19F2NO3. The Bertz CT molecular complexity index is 375. The highest BCUT2D eigenvalue weighted by Crippen LogP contribution is 2.25. The fraction of sp³-hybridized carbons (Fsp3) is 0.538. The summed E-state index contributed by atoms with van der Waals surface area (Å²) in [5.74, 6) is 0.0504. The molecule has 0 heterocycles. The smallest absolute Gasteiger partial charge is 0.387 e. The van der Waals surface area contributed by atoms with Crippen LogP contribution in [0.25, 0.3) is 0 Å². The number of benzene rings is 1. The Labute approximate surface area is 111 Å². The summed E-state index contributed by atoms with van der Waals surface area (Å²) in [6.45, 7) is 1.23. The molecule has 0 radical (unpaired) electrons. The summed E-state index contributed by atoms with van der Waals surface area (Å²) >= 11 is 0. The van der Waals surface area contributed by atoms with E-state index in [1.807, 2.05) is 13.8 Å². The lowest BCUT2D eigenvalue weighted by atomic mass is 10.2. The van der Waals surface area contributed by atoms with Crippen molar-refractivity contribution >= 4 is 5.69 Å². The number of ether oxygens (including phenoxy) is 2. The largest absolute Gasteiger partial charge is 0.433 e. The number of nitrogens with one attached hydrogen (secondary N) is 1. The van der Waals surface area contributed by atoms with Gasteiger partial charge in [0.25, 0.3) is 0 Å². The van der Waals surface area contributed by atoms with Gasteiger partial charge in [-0.25, -0.2) is 0 Å². The van der Waals surface area contributed by atoms with Crippen LogP contribution in [0.1, 0.15) is 13.8 Å². The van der Waals surface area contributed by atoms with Crippen molar-refractivity contribution in [2.45, 2.75) is 32.7 Å². The van der Waals surface area contributed by atoms with Gasteiger partial charge in [0, 0.05) is 6.54 Å². The molecule has 1 rings (SSSR count). The van der Waals surface area contributed by atoms with Gasteiger partial charge < -0.3 is 19.9 Å². The quantitative estimate of drug-likeness (QED) is 0.765. The number of hydrogen-bond acceptors (Lipinski definition) is 4. The monoisotopic (exact) mass is 275 g/mol. The molecule has 0 fully saturated rings. The maximum Gasteiger partial charge on any atom is 0.387 e. The first-order valence-electron chi connectivity index (χ1n) is 6.06. The molecule has 0 aromatic heterocycles. The van der Waals surface area contributed by atoms with Gasteiger partial charge in [0.2, 0.25) is 0 Å². The standard InChI is InChI=1S/C13H19F2NO3/c1-9(2)18-8-10(17)7-16-11-5-3-4-6-12(11)19-13(14)15/h3-6,9-10,13,16-17H,7-8H2,1-2H3. The van der Waals surface area contributed by atoms with Crippen molar-refractivity contribution in [3.8, 4) is 5.75 Å². The fourth-order valence-electron chi connectivity index (χ4n) is 1.40. The zero-order valence-electron chi connectivity index (χ0n) is 11.0. The van der Waals surface area contributed by atoms with E-state index in [9.17, 15) is 13.9 Å². The summed E-state index contributed by atoms with van der Waals surface area (Å²) in [6.07, 6.45) is -0.689. The van der Waals surface area contributed by atoms with Crippen molar-refractivity contribution in [1.29, 1.82) is 0 Å². The van der Waals surface area contributed by atoms with E-state index < -0.39 is 12.7 Å². The molecule has 1 aromatic carbocycles. The first kappa shape index (κ1) is 15.7. The third-order valence-electron chi connectivity index (χ3n) is 2.25. The fourth-order valence-corrected chi connectivity index (χ4v) is 1.40. The summed E-state index contributed by atoms with van der Waals surface area (Å²) in [4.78, 5) is 0. The van der Waals surface area contributed by atoms with Gasteiger partial charge in [-0.15, -0.1) is 0 Å². The number of para-hydroxylation sites is 2. The highest BCUT2D eigenvalue weighted by Gasteiger charge is 2.11. The summed E-state index contributed by atoms with van der Waals surface area (Å²) in [5.41, 5.74) is 0.409. The van der Waals surface area contributed by atoms with Gasteiger partial charge in [0.05, 0.1) is 24.5 Å². The lowest BCUT2D eigenvalue weighted by molar-refractivity contribution is -0.0494. The lowest BCUT2D eigenvalue weighted by Crippen LogP contribution is -2.26. The molecule has 0 saturated heterocycles. The number of alkyl halides is 2. The van der Waals surface area contributed by atoms with Gasteiger partial charge in [-0.2, -0.15) is 8.78 Å². The summed E-state index contributed by atoms with van der Waals surface area (Å²) < 4.78 is 34.0. The van der Waals surface area contributed by atoms with Gasteiger partial charge in [-0.3, -0.25) is 0 Å². The van der Waals surface area contributed by atoms with E-state index in [2.05, 4.69) is 10.1 Å². The molecule has 2 N–H and O–H groups in total. The Morgan fingerprint density at radius 1 is 1.26 bits per heavy atom. The molecule has 0 amide bonds. The van der Waals surface area contributed by atoms with Crippen LogP contribution in [0.3, 0.4) is 0 Å². The predicted molar refractivity (Wildman–Crippen MR) is 68.7 cm³/mol. The minimum absolute atomic E-state index is 0.0316. The molecule has 0 spiro atoms. The first-order chi connectivity index (χ1) is 8.99. The number of aliphatic hydroxyl groups is 1. The normalized spacial score (nSPS) is 12.8. The number of anilines is 1. The summed E-state index contributed by atoms with van der Waals surface area (Å²) in [6, 6.07) is 6.33. The zero-order chi connectivity index (χ0) is 14.3. The maximum absolute atomic E-state index is 12.2. The van der Waals surface area contributed by atoms with Crippen LogP contribution < -0.4 is 10.1 Å². The van der Waals surface area contributed by atoms with E-state index in [1.54, 1.807) is 18.2 Å². The molecule has 1 atom stereocenters. The average Bonchev–Trinajstić information content (AvgIpc) is 2.34. The molecule has 0 aliphatic rings. The van der Waals surface area contributed by atoms with Gasteiger partial charge in [-0.05, 0) is 26.0 Å². The van der Waals surface area contributed by atoms with Crippen molar-refractivity contribution in [3.63, 3.8) is 0 Å². The van der Waals surface area contributed by atoms with E-state index in [-0.39, 0.29) is 25.0 Å². The van der Waals surface area contributed by atoms with Crippen LogP contribution in [0.2, 0.25) is 0 Å². The van der Waals surface area contributed by atoms with Crippen LogP contribution >= 0.6 is 0 Å². The van der Waals surface area contributed by atoms with E-state index in [0.717, 1.165) is 0 Å². The van der Waals surface area contributed by atoms with Crippen molar-refractivity contribution < 1.29 is 23.4 Å². The highest BCUT2D eigenvalue weighted by molar-refractivity contribution is 5.56. The van der Waals surface area contributed by atoms with Crippen molar-refractivity contribution in [3.05, 3.63) is 24.3 Å². The van der Waals surface area contributed by atoms with Gasteiger partial charge in [0.1, 0.15) is 5.75 Å². The second-order valence-electron chi connectivity index (χ2n) is 4.29. The molecular weight excluding hydrogens is 256 g/mol. The second-order valence-corrected chi connectivity index (χ2v) is 4.29. The van der Waals surface area contributed by atoms with Crippen LogP contribution in [0.15, 0.2) is 24.3 Å². The molecule has 0 aliphatic carbocycles. The SMILES string of the molecule is CC(C)OCC(O)CNc1ccccc1OC(F)F. The van der Waals surface area contributed by atoms with Crippen molar-refractivity contribution in [2.24, 2.45) is 0 Å². The molecule has 6 heteroatoms. The molecule has 0 bridgehead atoms. The van der Waals surface area contributed by atoms with Gasteiger partial charge in [-0.1, -0.05) is 12.1 Å².